The molecule has 110 valence electrons. The van der Waals surface area contributed by atoms with E-state index in [0.717, 1.165) is 12.0 Å². The molecular formula is C16H24N2OS. The van der Waals surface area contributed by atoms with Crippen LogP contribution in [0.4, 0.5) is 0 Å². The van der Waals surface area contributed by atoms with Gasteiger partial charge in [-0.2, -0.15) is 0 Å². The van der Waals surface area contributed by atoms with Gasteiger partial charge in [-0.05, 0) is 31.2 Å². The average molecular weight is 292 g/mol. The maximum absolute atomic E-state index is 12.3. The molecule has 2 atom stereocenters. The van der Waals surface area contributed by atoms with Crippen LogP contribution < -0.4 is 11.1 Å². The third kappa shape index (κ3) is 5.70. The SMILES string of the molecule is CC(C)CC(C)NC(=O)C(Cc1ccccc1)C(N)=S. The molecule has 0 radical (unpaired) electrons. The summed E-state index contributed by atoms with van der Waals surface area (Å²) >= 11 is 5.05. The van der Waals surface area contributed by atoms with Crippen LogP contribution in [0.15, 0.2) is 30.3 Å². The summed E-state index contributed by atoms with van der Waals surface area (Å²) in [6, 6.07) is 9.95. The highest BCUT2D eigenvalue weighted by molar-refractivity contribution is 7.80. The summed E-state index contributed by atoms with van der Waals surface area (Å²) in [6.45, 7) is 6.28. The highest BCUT2D eigenvalue weighted by Crippen LogP contribution is 2.11. The molecule has 0 aliphatic heterocycles. The number of nitrogens with two attached hydrogens (primary N) is 1. The number of carbonyl (C=O) groups is 1. The minimum absolute atomic E-state index is 0.0745. The van der Waals surface area contributed by atoms with Gasteiger partial charge in [0.1, 0.15) is 0 Å². The van der Waals surface area contributed by atoms with Crippen LogP contribution >= 0.6 is 12.2 Å². The van der Waals surface area contributed by atoms with Gasteiger partial charge in [-0.3, -0.25) is 4.79 Å². The molecule has 0 spiro atoms. The number of rotatable bonds is 7. The van der Waals surface area contributed by atoms with Crippen molar-refractivity contribution >= 4 is 23.1 Å². The van der Waals surface area contributed by atoms with Crippen LogP contribution in [-0.4, -0.2) is 16.9 Å². The summed E-state index contributed by atoms with van der Waals surface area (Å²) in [4.78, 5) is 12.6. The highest BCUT2D eigenvalue weighted by atomic mass is 32.1. The zero-order valence-corrected chi connectivity index (χ0v) is 13.2. The quantitative estimate of drug-likeness (QED) is 0.760. The molecule has 0 heterocycles. The van der Waals surface area contributed by atoms with Crippen molar-refractivity contribution in [1.82, 2.24) is 5.32 Å². The molecule has 1 aromatic rings. The van der Waals surface area contributed by atoms with Gasteiger partial charge in [0.15, 0.2) is 0 Å². The summed E-state index contributed by atoms with van der Waals surface area (Å²) in [7, 11) is 0. The average Bonchev–Trinajstić information content (AvgIpc) is 2.35. The number of carbonyl (C=O) groups excluding carboxylic acids is 1. The van der Waals surface area contributed by atoms with Gasteiger partial charge in [-0.25, -0.2) is 0 Å². The lowest BCUT2D eigenvalue weighted by atomic mass is 9.97. The van der Waals surface area contributed by atoms with Gasteiger partial charge in [0.05, 0.1) is 10.9 Å². The van der Waals surface area contributed by atoms with E-state index in [1.54, 1.807) is 0 Å². The molecule has 3 N–H and O–H groups in total. The molecule has 20 heavy (non-hydrogen) atoms. The van der Waals surface area contributed by atoms with Crippen LogP contribution in [0.25, 0.3) is 0 Å². The van der Waals surface area contributed by atoms with Gasteiger partial charge in [0, 0.05) is 6.04 Å². The molecule has 1 rings (SSSR count). The molecule has 1 amide bonds. The summed E-state index contributed by atoms with van der Waals surface area (Å²) in [5, 5.41) is 3.01. The predicted octanol–water partition coefficient (Wildman–Crippen LogP) is 2.68. The Balaban J connectivity index is 2.66. The zero-order valence-electron chi connectivity index (χ0n) is 12.4. The Morgan fingerprint density at radius 2 is 1.85 bits per heavy atom. The summed E-state index contributed by atoms with van der Waals surface area (Å²) in [5.74, 6) is 0.0271. The molecule has 0 aliphatic carbocycles. The Hall–Kier alpha value is -1.42. The smallest absolute Gasteiger partial charge is 0.230 e. The normalized spacial score (nSPS) is 13.8. The van der Waals surface area contributed by atoms with E-state index in [0.29, 0.717) is 12.3 Å². The van der Waals surface area contributed by atoms with Crippen molar-refractivity contribution in [3.8, 4) is 0 Å². The van der Waals surface area contributed by atoms with Crippen molar-refractivity contribution in [1.29, 1.82) is 0 Å². The van der Waals surface area contributed by atoms with Gasteiger partial charge in [0.25, 0.3) is 0 Å². The number of thiocarbonyl (C=S) groups is 1. The second-order valence-corrected chi connectivity index (χ2v) is 6.16. The predicted molar refractivity (Wildman–Crippen MR) is 87.5 cm³/mol. The van der Waals surface area contributed by atoms with Crippen LogP contribution in [0, 0.1) is 11.8 Å². The van der Waals surface area contributed by atoms with Crippen molar-refractivity contribution < 1.29 is 4.79 Å². The Bertz CT molecular complexity index is 445. The molecular weight excluding hydrogens is 268 g/mol. The van der Waals surface area contributed by atoms with Crippen molar-refractivity contribution in [2.45, 2.75) is 39.7 Å². The van der Waals surface area contributed by atoms with Gasteiger partial charge in [-0.1, -0.05) is 56.4 Å². The van der Waals surface area contributed by atoms with Crippen LogP contribution in [0.5, 0.6) is 0 Å². The Kier molecular flexibility index (Phi) is 6.65. The summed E-state index contributed by atoms with van der Waals surface area (Å²) in [5.41, 5.74) is 6.80. The fraction of sp³-hybridized carbons (Fsp3) is 0.500. The van der Waals surface area contributed by atoms with Gasteiger partial charge < -0.3 is 11.1 Å². The first kappa shape index (κ1) is 16.6. The van der Waals surface area contributed by atoms with E-state index in [9.17, 15) is 4.79 Å². The van der Waals surface area contributed by atoms with E-state index < -0.39 is 5.92 Å². The number of hydrogen-bond donors (Lipinski definition) is 2. The van der Waals surface area contributed by atoms with E-state index in [2.05, 4.69) is 19.2 Å². The lowest BCUT2D eigenvalue weighted by Gasteiger charge is -2.20. The fourth-order valence-electron chi connectivity index (χ4n) is 2.28. The Morgan fingerprint density at radius 1 is 1.25 bits per heavy atom. The third-order valence-electron chi connectivity index (χ3n) is 3.16. The number of benzene rings is 1. The van der Waals surface area contributed by atoms with E-state index in [-0.39, 0.29) is 16.9 Å². The van der Waals surface area contributed by atoms with E-state index >= 15 is 0 Å². The fourth-order valence-corrected chi connectivity index (χ4v) is 2.47. The summed E-state index contributed by atoms with van der Waals surface area (Å²) < 4.78 is 0. The van der Waals surface area contributed by atoms with Crippen molar-refractivity contribution in [2.75, 3.05) is 0 Å². The monoisotopic (exact) mass is 292 g/mol. The van der Waals surface area contributed by atoms with Gasteiger partial charge in [-0.15, -0.1) is 0 Å². The Morgan fingerprint density at radius 3 is 2.35 bits per heavy atom. The van der Waals surface area contributed by atoms with E-state index in [1.165, 1.54) is 0 Å². The molecule has 0 aliphatic rings. The van der Waals surface area contributed by atoms with Crippen LogP contribution in [0.1, 0.15) is 32.8 Å². The number of nitrogens with one attached hydrogen (secondary N) is 1. The molecule has 1 aromatic carbocycles. The van der Waals surface area contributed by atoms with Gasteiger partial charge in [0.2, 0.25) is 5.91 Å². The summed E-state index contributed by atoms with van der Waals surface area (Å²) in [6.07, 6.45) is 1.50. The molecule has 0 fully saturated rings. The zero-order chi connectivity index (χ0) is 15.1. The molecule has 0 bridgehead atoms. The van der Waals surface area contributed by atoms with Crippen molar-refractivity contribution in [3.63, 3.8) is 0 Å². The minimum Gasteiger partial charge on any atom is -0.393 e. The molecule has 4 heteroatoms. The first-order chi connectivity index (χ1) is 9.40. The second-order valence-electron chi connectivity index (χ2n) is 5.68. The highest BCUT2D eigenvalue weighted by Gasteiger charge is 2.23. The maximum Gasteiger partial charge on any atom is 0.230 e. The Labute approximate surface area is 126 Å². The maximum atomic E-state index is 12.3. The molecule has 0 saturated heterocycles. The standard InChI is InChI=1S/C16H24N2OS/c1-11(2)9-12(3)18-16(19)14(15(17)20)10-13-7-5-4-6-8-13/h4-8,11-12,14H,9-10H2,1-3H3,(H2,17,20)(H,18,19). The largest absolute Gasteiger partial charge is 0.393 e. The number of amides is 1. The molecule has 0 saturated carbocycles. The number of hydrogen-bond acceptors (Lipinski definition) is 2. The van der Waals surface area contributed by atoms with Crippen LogP contribution in [-0.2, 0) is 11.2 Å². The topological polar surface area (TPSA) is 55.1 Å². The van der Waals surface area contributed by atoms with Crippen LogP contribution in [0.3, 0.4) is 0 Å². The second kappa shape index (κ2) is 8.00. The first-order valence-corrected chi connectivity index (χ1v) is 7.44. The minimum atomic E-state index is -0.443. The first-order valence-electron chi connectivity index (χ1n) is 7.03. The van der Waals surface area contributed by atoms with Crippen LogP contribution in [0.2, 0.25) is 0 Å². The van der Waals surface area contributed by atoms with Crippen molar-refractivity contribution in [2.24, 2.45) is 17.6 Å². The van der Waals surface area contributed by atoms with Crippen molar-refractivity contribution in [3.05, 3.63) is 35.9 Å². The lowest BCUT2D eigenvalue weighted by molar-refractivity contribution is -0.123. The molecule has 2 unspecified atom stereocenters. The van der Waals surface area contributed by atoms with E-state index in [4.69, 9.17) is 18.0 Å². The van der Waals surface area contributed by atoms with E-state index in [1.807, 2.05) is 37.3 Å². The lowest BCUT2D eigenvalue weighted by Crippen LogP contribution is -2.43. The molecule has 3 nitrogen and oxygen atoms in total. The molecule has 0 aromatic heterocycles. The van der Waals surface area contributed by atoms with Gasteiger partial charge >= 0.3 is 0 Å². The third-order valence-corrected chi connectivity index (χ3v) is 3.44.